The molecule has 0 saturated heterocycles. The van der Waals surface area contributed by atoms with Crippen molar-refractivity contribution < 1.29 is 75.8 Å². The predicted octanol–water partition coefficient (Wildman–Crippen LogP) is 16.4. The monoisotopic (exact) mass is 1190 g/mol. The van der Waals surface area contributed by atoms with Crippen LogP contribution in [0.25, 0.3) is 0 Å². The lowest BCUT2D eigenvalue weighted by atomic mass is 10.1. The molecule has 0 aliphatic rings. The van der Waals surface area contributed by atoms with Gasteiger partial charge in [0.15, 0.2) is 6.10 Å². The van der Waals surface area contributed by atoms with Crippen molar-refractivity contribution in [2.45, 2.75) is 270 Å². The van der Waals surface area contributed by atoms with E-state index in [9.17, 15) is 43.5 Å². The maximum absolute atomic E-state index is 12.9. The molecule has 0 aromatic rings. The molecular weight excluding hydrogens is 1070 g/mol. The number of hydrogen-bond donors (Lipinski definition) is 4. The third-order valence-electron chi connectivity index (χ3n) is 12.9. The lowest BCUT2D eigenvalue weighted by Gasteiger charge is -2.21. The van der Waals surface area contributed by atoms with Crippen molar-refractivity contribution in [2.75, 3.05) is 39.6 Å². The van der Waals surface area contributed by atoms with E-state index in [1.165, 1.54) is 44.9 Å². The summed E-state index contributed by atoms with van der Waals surface area (Å²) in [5.74, 6) is -1.61. The molecule has 81 heavy (non-hydrogen) atoms. The van der Waals surface area contributed by atoms with Gasteiger partial charge in [0, 0.05) is 19.3 Å². The van der Waals surface area contributed by atoms with Gasteiger partial charge < -0.3 is 34.2 Å². The number of unbranched alkanes of at least 4 members (excludes halogenated alkanes) is 24. The summed E-state index contributed by atoms with van der Waals surface area (Å²) in [5.41, 5.74) is 0. The second-order valence-corrected chi connectivity index (χ2v) is 23.7. The molecule has 4 N–H and O–H groups in total. The Morgan fingerprint density at radius 2 is 0.654 bits per heavy atom. The number of ether oxygens (including phenoxy) is 3. The van der Waals surface area contributed by atoms with Crippen LogP contribution >= 0.6 is 15.6 Å². The topological polar surface area (TPSA) is 231 Å². The Morgan fingerprint density at radius 1 is 0.358 bits per heavy atom. The Balaban J connectivity index is 4.68. The average molecular weight is 1190 g/mol. The minimum atomic E-state index is -4.92. The highest BCUT2D eigenvalue weighted by Crippen LogP contribution is 2.45. The van der Waals surface area contributed by atoms with E-state index in [4.69, 9.17) is 32.3 Å². The Labute approximate surface area is 490 Å². The van der Waals surface area contributed by atoms with Gasteiger partial charge in [0.2, 0.25) is 0 Å². The number of allylic oxidation sites excluding steroid dienone is 12. The Kier molecular flexibility index (Phi) is 55.3. The van der Waals surface area contributed by atoms with Gasteiger partial charge in [-0.15, -0.1) is 0 Å². The molecule has 0 aromatic carbocycles. The van der Waals surface area contributed by atoms with Crippen LogP contribution in [-0.2, 0) is 55.8 Å². The van der Waals surface area contributed by atoms with Gasteiger partial charge in [-0.05, 0) is 109 Å². The number of carbonyl (C=O) groups excluding carboxylic acids is 3. The number of esters is 3. The number of phosphoric acid groups is 2. The second kappa shape index (κ2) is 57.4. The summed E-state index contributed by atoms with van der Waals surface area (Å²) >= 11 is 0. The number of phosphoric ester groups is 2. The van der Waals surface area contributed by atoms with Crippen molar-refractivity contribution in [1.29, 1.82) is 0 Å². The minimum absolute atomic E-state index is 0.0924. The first-order valence-electron chi connectivity index (χ1n) is 31.2. The molecule has 0 bridgehead atoms. The summed E-state index contributed by atoms with van der Waals surface area (Å²) in [6.45, 7) is 2.47. The number of hydrogen-bond acceptors (Lipinski definition) is 14. The van der Waals surface area contributed by atoms with Crippen LogP contribution in [0.1, 0.15) is 252 Å². The van der Waals surface area contributed by atoms with Crippen molar-refractivity contribution in [1.82, 2.24) is 0 Å². The minimum Gasteiger partial charge on any atom is -0.463 e. The van der Waals surface area contributed by atoms with E-state index in [-0.39, 0.29) is 19.3 Å². The highest BCUT2D eigenvalue weighted by molar-refractivity contribution is 7.47. The largest absolute Gasteiger partial charge is 0.472 e. The summed E-state index contributed by atoms with van der Waals surface area (Å²) < 4.78 is 60.7. The second-order valence-electron chi connectivity index (χ2n) is 20.8. The Hall–Kier alpha value is -3.01. The fraction of sp³-hybridized carbons (Fsp3) is 0.762. The van der Waals surface area contributed by atoms with Gasteiger partial charge in [0.05, 0.1) is 26.4 Å². The summed E-state index contributed by atoms with van der Waals surface area (Å²) in [6, 6.07) is 0. The van der Waals surface area contributed by atoms with Crippen molar-refractivity contribution in [3.8, 4) is 0 Å². The van der Waals surface area contributed by atoms with Crippen molar-refractivity contribution in [3.05, 3.63) is 72.9 Å². The molecule has 0 aliphatic heterocycles. The van der Waals surface area contributed by atoms with Crippen molar-refractivity contribution >= 4 is 33.6 Å². The van der Waals surface area contributed by atoms with Crippen LogP contribution in [-0.4, -0.2) is 95.9 Å². The highest BCUT2D eigenvalue weighted by atomic mass is 31.2. The molecule has 0 heterocycles. The van der Waals surface area contributed by atoms with E-state index in [2.05, 4.69) is 93.7 Å². The van der Waals surface area contributed by atoms with Crippen LogP contribution in [0.4, 0.5) is 0 Å². The first kappa shape index (κ1) is 78.0. The van der Waals surface area contributed by atoms with E-state index >= 15 is 0 Å². The van der Waals surface area contributed by atoms with Crippen LogP contribution in [0.5, 0.6) is 0 Å². The van der Waals surface area contributed by atoms with E-state index in [1.54, 1.807) is 0 Å². The average Bonchev–Trinajstić information content (AvgIpc) is 3.44. The van der Waals surface area contributed by atoms with Gasteiger partial charge in [-0.2, -0.15) is 0 Å². The Morgan fingerprint density at radius 3 is 1.07 bits per heavy atom. The molecule has 470 valence electrons. The molecule has 0 aliphatic carbocycles. The first-order chi connectivity index (χ1) is 39.2. The van der Waals surface area contributed by atoms with E-state index in [0.29, 0.717) is 19.3 Å². The smallest absolute Gasteiger partial charge is 0.463 e. The molecule has 0 radical (unpaired) electrons. The number of aliphatic hydroxyl groups is 2. The summed E-state index contributed by atoms with van der Waals surface area (Å²) in [6.07, 6.45) is 56.8. The quantitative estimate of drug-likeness (QED) is 0.0146. The van der Waals surface area contributed by atoms with Gasteiger partial charge in [-0.1, -0.05) is 196 Å². The number of aliphatic hydroxyl groups excluding tert-OH is 2. The molecular formula is C63H112O16P2. The van der Waals surface area contributed by atoms with Gasteiger partial charge in [0.25, 0.3) is 0 Å². The third kappa shape index (κ3) is 58.6. The summed E-state index contributed by atoms with van der Waals surface area (Å²) in [5, 5.41) is 20.5. The molecule has 0 fully saturated rings. The van der Waals surface area contributed by atoms with Crippen LogP contribution in [0.3, 0.4) is 0 Å². The van der Waals surface area contributed by atoms with Gasteiger partial charge in [-0.25, -0.2) is 9.13 Å². The SMILES string of the molecule is CC/C=C\C/C=C\C/C=C\CCCCCCCCCC(=O)OCC(O)COP(=O)(O)OCC(O)COP(=O)(O)OCC(COC(=O)CCCCCCC/C=C\C/C=C\CCCCC)OC(=O)CCCCCCC/C=C\CCCCCC. The lowest BCUT2D eigenvalue weighted by molar-refractivity contribution is -0.161. The van der Waals surface area contributed by atoms with Crippen molar-refractivity contribution in [2.24, 2.45) is 0 Å². The molecule has 16 nitrogen and oxygen atoms in total. The zero-order chi connectivity index (χ0) is 59.6. The van der Waals surface area contributed by atoms with E-state index < -0.39 is 91.5 Å². The number of rotatable bonds is 59. The molecule has 5 unspecified atom stereocenters. The van der Waals surface area contributed by atoms with Crippen LogP contribution in [0.15, 0.2) is 72.9 Å². The zero-order valence-electron chi connectivity index (χ0n) is 50.4. The van der Waals surface area contributed by atoms with E-state index in [0.717, 1.165) is 148 Å². The molecule has 0 aromatic heterocycles. The van der Waals surface area contributed by atoms with Crippen LogP contribution < -0.4 is 0 Å². The normalized spacial score (nSPS) is 14.9. The van der Waals surface area contributed by atoms with Gasteiger partial charge in [0.1, 0.15) is 25.4 Å². The summed E-state index contributed by atoms with van der Waals surface area (Å²) in [4.78, 5) is 58.1. The van der Waals surface area contributed by atoms with E-state index in [1.807, 2.05) is 0 Å². The predicted molar refractivity (Wildman–Crippen MR) is 325 cm³/mol. The maximum Gasteiger partial charge on any atom is 0.472 e. The molecule has 0 amide bonds. The van der Waals surface area contributed by atoms with Gasteiger partial charge in [-0.3, -0.25) is 32.5 Å². The molecule has 18 heteroatoms. The van der Waals surface area contributed by atoms with Gasteiger partial charge >= 0.3 is 33.6 Å². The highest BCUT2D eigenvalue weighted by Gasteiger charge is 2.29. The van der Waals surface area contributed by atoms with Crippen LogP contribution in [0.2, 0.25) is 0 Å². The fourth-order valence-corrected chi connectivity index (χ4v) is 9.66. The van der Waals surface area contributed by atoms with Crippen molar-refractivity contribution in [3.63, 3.8) is 0 Å². The maximum atomic E-state index is 12.9. The first-order valence-corrected chi connectivity index (χ1v) is 34.2. The molecule has 5 atom stereocenters. The van der Waals surface area contributed by atoms with Crippen LogP contribution in [0, 0.1) is 0 Å². The lowest BCUT2D eigenvalue weighted by Crippen LogP contribution is -2.30. The molecule has 0 spiro atoms. The zero-order valence-corrected chi connectivity index (χ0v) is 52.2. The Bertz CT molecular complexity index is 1780. The number of carbonyl (C=O) groups is 3. The molecule has 0 saturated carbocycles. The standard InChI is InChI=1S/C63H112O16P2/c1-4-7-10-13-16-19-22-25-27-28-30-33-34-37-40-43-46-49-61(66)73-52-58(64)53-75-80(69,70)76-54-59(65)55-77-81(71,72)78-57-60(79-63(68)51-48-45-42-39-36-31-24-21-18-15-12-9-6-3)56-74-62(67)50-47-44-41-38-35-32-29-26-23-20-17-14-11-8-5-2/h7,10,16-17,19-21,24-27,29,58-60,64-65H,4-6,8-9,11-15,18,22-23,28,30-57H2,1-3H3,(H,69,70)(H,71,72)/b10-7-,19-16-,20-17-,24-21-,27-25-,29-26-. The summed E-state index contributed by atoms with van der Waals surface area (Å²) in [7, 11) is -9.77. The fourth-order valence-electron chi connectivity index (χ4n) is 8.08. The molecule has 0 rings (SSSR count). The third-order valence-corrected chi connectivity index (χ3v) is 14.8.